The second-order valence-corrected chi connectivity index (χ2v) is 6.88. The molecule has 0 spiro atoms. The minimum atomic E-state index is -0.637. The quantitative estimate of drug-likeness (QED) is 0.620. The van der Waals surface area contributed by atoms with Crippen molar-refractivity contribution in [1.29, 1.82) is 0 Å². The highest BCUT2D eigenvalue weighted by atomic mass is 19.1. The fourth-order valence-corrected chi connectivity index (χ4v) is 3.00. The summed E-state index contributed by atoms with van der Waals surface area (Å²) in [6.07, 6.45) is 2.73. The first kappa shape index (κ1) is 19.3. The predicted octanol–water partition coefficient (Wildman–Crippen LogP) is 3.89. The number of carbonyl (C=O) groups excluding carboxylic acids is 2. The van der Waals surface area contributed by atoms with E-state index in [0.717, 1.165) is 5.56 Å². The average molecular weight is 384 g/mol. The van der Waals surface area contributed by atoms with Crippen molar-refractivity contribution in [1.82, 2.24) is 10.3 Å². The molecule has 28 heavy (non-hydrogen) atoms. The van der Waals surface area contributed by atoms with Crippen molar-refractivity contribution in [3.8, 4) is 0 Å². The number of carbonyl (C=O) groups is 2. The fourth-order valence-electron chi connectivity index (χ4n) is 3.00. The number of nitrogens with two attached hydrogens (primary N) is 1. The molecule has 0 radical (unpaired) electrons. The van der Waals surface area contributed by atoms with Gasteiger partial charge in [0.15, 0.2) is 0 Å². The van der Waals surface area contributed by atoms with Crippen LogP contribution in [0.25, 0.3) is 11.0 Å². The Balaban J connectivity index is 1.84. The van der Waals surface area contributed by atoms with Crippen molar-refractivity contribution in [3.63, 3.8) is 0 Å². The first-order valence-corrected chi connectivity index (χ1v) is 8.77. The Hall–Kier alpha value is -3.42. The molecule has 0 fully saturated rings. The van der Waals surface area contributed by atoms with Crippen LogP contribution in [0.2, 0.25) is 0 Å². The van der Waals surface area contributed by atoms with Crippen LogP contribution in [-0.4, -0.2) is 16.9 Å². The summed E-state index contributed by atoms with van der Waals surface area (Å²) in [5, 5.41) is 6.17. The number of furan rings is 1. The Morgan fingerprint density at radius 2 is 1.96 bits per heavy atom. The maximum Gasteiger partial charge on any atom is 0.319 e. The normalized spacial score (nSPS) is 12.2. The SMILES string of the molecule is Cc1c(C(NC(=O)Nc2cncc(C(N)=O)c2)C(C)C)oc2ccc(F)cc12. The number of benzene rings is 1. The number of aryl methyl sites for hydroxylation is 1. The van der Waals surface area contributed by atoms with E-state index in [4.69, 9.17) is 10.2 Å². The van der Waals surface area contributed by atoms with Crippen LogP contribution in [-0.2, 0) is 0 Å². The van der Waals surface area contributed by atoms with Gasteiger partial charge >= 0.3 is 6.03 Å². The van der Waals surface area contributed by atoms with Gasteiger partial charge in [-0.2, -0.15) is 0 Å². The summed E-state index contributed by atoms with van der Waals surface area (Å²) in [5.41, 5.74) is 7.07. The van der Waals surface area contributed by atoms with E-state index in [2.05, 4.69) is 15.6 Å². The minimum absolute atomic E-state index is 0.00457. The Labute approximate surface area is 161 Å². The Bertz CT molecular complexity index is 1050. The van der Waals surface area contributed by atoms with E-state index < -0.39 is 18.0 Å². The van der Waals surface area contributed by atoms with E-state index in [1.807, 2.05) is 20.8 Å². The molecule has 0 aliphatic rings. The molecule has 0 bridgehead atoms. The van der Waals surface area contributed by atoms with Gasteiger partial charge in [0.1, 0.15) is 17.2 Å². The van der Waals surface area contributed by atoms with Crippen LogP contribution in [0.1, 0.15) is 41.6 Å². The van der Waals surface area contributed by atoms with E-state index in [1.54, 1.807) is 6.07 Å². The molecule has 1 atom stereocenters. The number of aromatic nitrogens is 1. The monoisotopic (exact) mass is 384 g/mol. The van der Waals surface area contributed by atoms with Crippen LogP contribution in [0.15, 0.2) is 41.1 Å². The van der Waals surface area contributed by atoms with Gasteiger partial charge in [0.25, 0.3) is 0 Å². The van der Waals surface area contributed by atoms with E-state index >= 15 is 0 Å². The average Bonchev–Trinajstić information content (AvgIpc) is 2.95. The van der Waals surface area contributed by atoms with Crippen molar-refractivity contribution in [2.75, 3.05) is 5.32 Å². The molecule has 3 rings (SSSR count). The first-order chi connectivity index (χ1) is 13.3. The molecule has 7 nitrogen and oxygen atoms in total. The van der Waals surface area contributed by atoms with Gasteiger partial charge in [0.2, 0.25) is 5.91 Å². The summed E-state index contributed by atoms with van der Waals surface area (Å²) < 4.78 is 19.5. The molecule has 0 saturated carbocycles. The summed E-state index contributed by atoms with van der Waals surface area (Å²) in [6, 6.07) is 4.82. The highest BCUT2D eigenvalue weighted by Gasteiger charge is 2.25. The number of nitrogens with zero attached hydrogens (tertiary/aromatic N) is 1. The van der Waals surface area contributed by atoms with Crippen LogP contribution in [0.4, 0.5) is 14.9 Å². The van der Waals surface area contributed by atoms with Crippen LogP contribution >= 0.6 is 0 Å². The molecular weight excluding hydrogens is 363 g/mol. The second kappa shape index (κ2) is 7.67. The van der Waals surface area contributed by atoms with Crippen molar-refractivity contribution < 1.29 is 18.4 Å². The van der Waals surface area contributed by atoms with E-state index in [9.17, 15) is 14.0 Å². The molecule has 0 aliphatic carbocycles. The van der Waals surface area contributed by atoms with Crippen LogP contribution in [0.3, 0.4) is 0 Å². The van der Waals surface area contributed by atoms with E-state index in [1.165, 1.54) is 30.6 Å². The minimum Gasteiger partial charge on any atom is -0.459 e. The Morgan fingerprint density at radius 3 is 2.64 bits per heavy atom. The molecule has 0 saturated heterocycles. The third-order valence-corrected chi connectivity index (χ3v) is 4.45. The number of nitrogens with one attached hydrogen (secondary N) is 2. The molecule has 8 heteroatoms. The summed E-state index contributed by atoms with van der Waals surface area (Å²) in [6.45, 7) is 5.71. The Morgan fingerprint density at radius 1 is 1.21 bits per heavy atom. The molecule has 3 aromatic rings. The second-order valence-electron chi connectivity index (χ2n) is 6.88. The number of hydrogen-bond acceptors (Lipinski definition) is 4. The van der Waals surface area contributed by atoms with Crippen molar-refractivity contribution in [3.05, 3.63) is 59.4 Å². The number of pyridine rings is 1. The van der Waals surface area contributed by atoms with Crippen LogP contribution in [0, 0.1) is 18.7 Å². The summed E-state index contributed by atoms with van der Waals surface area (Å²) in [4.78, 5) is 27.6. The number of hydrogen-bond donors (Lipinski definition) is 3. The highest BCUT2D eigenvalue weighted by Crippen LogP contribution is 2.33. The third-order valence-electron chi connectivity index (χ3n) is 4.45. The molecule has 2 aromatic heterocycles. The lowest BCUT2D eigenvalue weighted by molar-refractivity contribution is 0.1000. The van der Waals surface area contributed by atoms with Crippen molar-refractivity contribution in [2.24, 2.45) is 11.7 Å². The van der Waals surface area contributed by atoms with E-state index in [0.29, 0.717) is 22.4 Å². The number of primary amides is 1. The maximum atomic E-state index is 13.6. The van der Waals surface area contributed by atoms with Crippen LogP contribution in [0.5, 0.6) is 0 Å². The largest absolute Gasteiger partial charge is 0.459 e. The molecule has 2 heterocycles. The number of rotatable bonds is 5. The van der Waals surface area contributed by atoms with Crippen molar-refractivity contribution in [2.45, 2.75) is 26.8 Å². The molecule has 1 aromatic carbocycles. The van der Waals surface area contributed by atoms with Gasteiger partial charge in [-0.15, -0.1) is 0 Å². The molecule has 3 amide bonds. The lowest BCUT2D eigenvalue weighted by Crippen LogP contribution is -2.35. The number of halogens is 1. The third kappa shape index (κ3) is 3.95. The molecule has 0 aliphatic heterocycles. The smallest absolute Gasteiger partial charge is 0.319 e. The zero-order valence-corrected chi connectivity index (χ0v) is 15.7. The number of fused-ring (bicyclic) bond motifs is 1. The zero-order valence-electron chi connectivity index (χ0n) is 15.7. The van der Waals surface area contributed by atoms with Gasteiger partial charge in [0.05, 0.1) is 23.5 Å². The number of urea groups is 1. The fraction of sp³-hybridized carbons (Fsp3) is 0.250. The summed E-state index contributed by atoms with van der Waals surface area (Å²) in [7, 11) is 0. The summed E-state index contributed by atoms with van der Waals surface area (Å²) in [5.74, 6) is -0.418. The lowest BCUT2D eigenvalue weighted by atomic mass is 9.98. The first-order valence-electron chi connectivity index (χ1n) is 8.77. The zero-order chi connectivity index (χ0) is 20.4. The topological polar surface area (TPSA) is 110 Å². The highest BCUT2D eigenvalue weighted by molar-refractivity contribution is 5.95. The Kier molecular flexibility index (Phi) is 5.30. The standard InChI is InChI=1S/C20H21FN4O3/c1-10(2)17(18-11(3)15-7-13(21)4-5-16(15)28-18)25-20(27)24-14-6-12(19(22)26)8-23-9-14/h4-10,17H,1-3H3,(H2,22,26)(H2,24,25,27). The molecular formula is C20H21FN4O3. The van der Waals surface area contributed by atoms with Gasteiger partial charge < -0.3 is 20.8 Å². The lowest BCUT2D eigenvalue weighted by Gasteiger charge is -2.21. The summed E-state index contributed by atoms with van der Waals surface area (Å²) >= 11 is 0. The molecule has 4 N–H and O–H groups in total. The van der Waals surface area contributed by atoms with E-state index in [-0.39, 0.29) is 17.3 Å². The van der Waals surface area contributed by atoms with Gasteiger partial charge in [0, 0.05) is 17.1 Å². The number of amides is 3. The molecule has 146 valence electrons. The van der Waals surface area contributed by atoms with Gasteiger partial charge in [-0.25, -0.2) is 9.18 Å². The predicted molar refractivity (Wildman–Crippen MR) is 103 cm³/mol. The van der Waals surface area contributed by atoms with Gasteiger partial charge in [-0.05, 0) is 37.1 Å². The maximum absolute atomic E-state index is 13.6. The van der Waals surface area contributed by atoms with Gasteiger partial charge in [-0.3, -0.25) is 9.78 Å². The number of anilines is 1. The van der Waals surface area contributed by atoms with Gasteiger partial charge in [-0.1, -0.05) is 13.8 Å². The van der Waals surface area contributed by atoms with Crippen LogP contribution < -0.4 is 16.4 Å². The molecule has 1 unspecified atom stereocenters. The van der Waals surface area contributed by atoms with Crippen molar-refractivity contribution >= 4 is 28.6 Å².